The highest BCUT2D eigenvalue weighted by Gasteiger charge is 2.24. The Balaban J connectivity index is 0.00000243. The van der Waals surface area contributed by atoms with Gasteiger partial charge in [-0.2, -0.15) is 0 Å². The molecule has 26 heavy (non-hydrogen) atoms. The number of guanidine groups is 1. The summed E-state index contributed by atoms with van der Waals surface area (Å²) in [6.45, 7) is 3.64. The van der Waals surface area contributed by atoms with Gasteiger partial charge in [-0.1, -0.05) is 18.2 Å². The van der Waals surface area contributed by atoms with Crippen LogP contribution in [0.4, 0.5) is 5.69 Å². The third kappa shape index (κ3) is 5.33. The normalized spacial score (nSPS) is 22.4. The molecule has 144 valence electrons. The number of aliphatic imine (C=N–C) groups is 1. The lowest BCUT2D eigenvalue weighted by Gasteiger charge is -2.27. The minimum Gasteiger partial charge on any atom is -0.393 e. The maximum Gasteiger partial charge on any atom is 0.248 e. The maximum atomic E-state index is 12.6. The number of para-hydroxylation sites is 1. The number of rotatable bonds is 4. The molecule has 0 aromatic heterocycles. The van der Waals surface area contributed by atoms with Crippen LogP contribution >= 0.6 is 24.0 Å². The number of nitrogens with one attached hydrogen (secondary N) is 2. The fourth-order valence-corrected chi connectivity index (χ4v) is 3.56. The van der Waals surface area contributed by atoms with E-state index in [2.05, 4.69) is 21.7 Å². The quantitative estimate of drug-likeness (QED) is 0.356. The van der Waals surface area contributed by atoms with Crippen molar-refractivity contribution in [2.45, 2.75) is 51.2 Å². The van der Waals surface area contributed by atoms with E-state index in [9.17, 15) is 9.90 Å². The standard InChI is InChI=1S/C19H28N4O2.HI/c1-2-20-19(22-15-7-9-16(24)10-8-15)21-13-18(25)23-12-11-14-5-3-4-6-17(14)23;/h3-6,15-16,24H,2,7-13H2,1H3,(H2,20,21,22);1H. The van der Waals surface area contributed by atoms with Gasteiger partial charge in [0.05, 0.1) is 6.10 Å². The molecular weight excluding hydrogens is 443 g/mol. The van der Waals surface area contributed by atoms with Gasteiger partial charge in [0.15, 0.2) is 5.96 Å². The Kier molecular flexibility index (Phi) is 8.15. The number of amides is 1. The third-order valence-corrected chi connectivity index (χ3v) is 4.94. The molecule has 0 unspecified atom stereocenters. The molecule has 1 aliphatic heterocycles. The lowest BCUT2D eigenvalue weighted by molar-refractivity contribution is -0.117. The molecule has 1 aromatic carbocycles. The number of carbonyl (C=O) groups is 1. The van der Waals surface area contributed by atoms with E-state index in [-0.39, 0.29) is 42.5 Å². The van der Waals surface area contributed by atoms with Gasteiger partial charge < -0.3 is 20.6 Å². The minimum absolute atomic E-state index is 0. The molecule has 0 radical (unpaired) electrons. The topological polar surface area (TPSA) is 77.0 Å². The summed E-state index contributed by atoms with van der Waals surface area (Å²) in [4.78, 5) is 18.9. The number of halogens is 1. The van der Waals surface area contributed by atoms with Crippen molar-refractivity contribution >= 4 is 41.5 Å². The van der Waals surface area contributed by atoms with E-state index in [1.807, 2.05) is 30.0 Å². The van der Waals surface area contributed by atoms with E-state index in [0.29, 0.717) is 12.0 Å². The van der Waals surface area contributed by atoms with Crippen molar-refractivity contribution in [1.29, 1.82) is 0 Å². The Hall–Kier alpha value is -1.35. The van der Waals surface area contributed by atoms with Crippen LogP contribution in [0.1, 0.15) is 38.2 Å². The Morgan fingerprint density at radius 3 is 2.73 bits per heavy atom. The van der Waals surface area contributed by atoms with Crippen LogP contribution in [-0.2, 0) is 11.2 Å². The highest BCUT2D eigenvalue weighted by molar-refractivity contribution is 14.0. The zero-order valence-corrected chi connectivity index (χ0v) is 17.6. The van der Waals surface area contributed by atoms with Gasteiger partial charge in [-0.3, -0.25) is 4.79 Å². The Morgan fingerprint density at radius 2 is 2.00 bits per heavy atom. The maximum absolute atomic E-state index is 12.6. The molecule has 1 saturated carbocycles. The van der Waals surface area contributed by atoms with Gasteiger partial charge in [0, 0.05) is 24.8 Å². The average Bonchev–Trinajstić information content (AvgIpc) is 3.06. The van der Waals surface area contributed by atoms with E-state index in [1.54, 1.807) is 0 Å². The van der Waals surface area contributed by atoms with Crippen LogP contribution in [-0.4, -0.2) is 48.8 Å². The van der Waals surface area contributed by atoms with Crippen molar-refractivity contribution < 1.29 is 9.90 Å². The second-order valence-electron chi connectivity index (χ2n) is 6.77. The molecule has 7 heteroatoms. The summed E-state index contributed by atoms with van der Waals surface area (Å²) in [5.74, 6) is 0.714. The highest BCUT2D eigenvalue weighted by atomic mass is 127. The molecular formula is C19H29IN4O2. The number of anilines is 1. The largest absolute Gasteiger partial charge is 0.393 e. The molecule has 0 bridgehead atoms. The monoisotopic (exact) mass is 472 g/mol. The van der Waals surface area contributed by atoms with Gasteiger partial charge in [-0.05, 0) is 50.7 Å². The first-order valence-corrected chi connectivity index (χ1v) is 9.28. The third-order valence-electron chi connectivity index (χ3n) is 4.94. The van der Waals surface area contributed by atoms with Gasteiger partial charge in [0.1, 0.15) is 6.54 Å². The molecule has 2 aliphatic rings. The second-order valence-corrected chi connectivity index (χ2v) is 6.77. The molecule has 1 fully saturated rings. The molecule has 3 rings (SSSR count). The van der Waals surface area contributed by atoms with E-state index >= 15 is 0 Å². The Morgan fingerprint density at radius 1 is 1.27 bits per heavy atom. The van der Waals surface area contributed by atoms with E-state index < -0.39 is 0 Å². The van der Waals surface area contributed by atoms with E-state index in [0.717, 1.165) is 50.9 Å². The first-order valence-electron chi connectivity index (χ1n) is 9.28. The van der Waals surface area contributed by atoms with Crippen molar-refractivity contribution in [3.8, 4) is 0 Å². The number of aliphatic hydroxyl groups is 1. The van der Waals surface area contributed by atoms with E-state index in [1.165, 1.54) is 5.56 Å². The summed E-state index contributed by atoms with van der Waals surface area (Å²) < 4.78 is 0. The fourth-order valence-electron chi connectivity index (χ4n) is 3.56. The molecule has 0 saturated heterocycles. The van der Waals surface area contributed by atoms with Crippen LogP contribution in [0.2, 0.25) is 0 Å². The average molecular weight is 472 g/mol. The molecule has 6 nitrogen and oxygen atoms in total. The van der Waals surface area contributed by atoms with Crippen LogP contribution in [0.15, 0.2) is 29.3 Å². The van der Waals surface area contributed by atoms with Crippen molar-refractivity contribution in [2.24, 2.45) is 4.99 Å². The van der Waals surface area contributed by atoms with Gasteiger partial charge in [0.25, 0.3) is 0 Å². The second kappa shape index (κ2) is 10.1. The summed E-state index contributed by atoms with van der Waals surface area (Å²) in [6.07, 6.45) is 4.24. The SMILES string of the molecule is CCNC(=NCC(=O)N1CCc2ccccc21)NC1CCC(O)CC1.I. The predicted octanol–water partition coefficient (Wildman–Crippen LogP) is 2.05. The lowest BCUT2D eigenvalue weighted by atomic mass is 9.93. The van der Waals surface area contributed by atoms with Crippen LogP contribution in [0.25, 0.3) is 0 Å². The highest BCUT2D eigenvalue weighted by Crippen LogP contribution is 2.27. The lowest BCUT2D eigenvalue weighted by Crippen LogP contribution is -2.46. The van der Waals surface area contributed by atoms with Gasteiger partial charge in [-0.15, -0.1) is 24.0 Å². The smallest absolute Gasteiger partial charge is 0.248 e. The summed E-state index contributed by atoms with van der Waals surface area (Å²) in [5, 5.41) is 16.2. The summed E-state index contributed by atoms with van der Waals surface area (Å²) >= 11 is 0. The number of hydrogen-bond donors (Lipinski definition) is 3. The summed E-state index contributed by atoms with van der Waals surface area (Å²) in [5.41, 5.74) is 2.24. The zero-order chi connectivity index (χ0) is 17.6. The van der Waals surface area contributed by atoms with Crippen molar-refractivity contribution in [3.05, 3.63) is 29.8 Å². The van der Waals surface area contributed by atoms with Crippen LogP contribution in [0, 0.1) is 0 Å². The fraction of sp³-hybridized carbons (Fsp3) is 0.579. The zero-order valence-electron chi connectivity index (χ0n) is 15.3. The minimum atomic E-state index is -0.172. The molecule has 3 N–H and O–H groups in total. The molecule has 1 aromatic rings. The first kappa shape index (κ1) is 21.0. The van der Waals surface area contributed by atoms with Crippen molar-refractivity contribution in [2.75, 3.05) is 24.5 Å². The number of fused-ring (bicyclic) bond motifs is 1. The van der Waals surface area contributed by atoms with Gasteiger partial charge in [-0.25, -0.2) is 4.99 Å². The van der Waals surface area contributed by atoms with Crippen molar-refractivity contribution in [3.63, 3.8) is 0 Å². The number of hydrogen-bond acceptors (Lipinski definition) is 3. The summed E-state index contributed by atoms with van der Waals surface area (Å²) in [7, 11) is 0. The predicted molar refractivity (Wildman–Crippen MR) is 115 cm³/mol. The number of aliphatic hydroxyl groups excluding tert-OH is 1. The molecule has 0 atom stereocenters. The van der Waals surface area contributed by atoms with Gasteiger partial charge >= 0.3 is 0 Å². The molecule has 1 aliphatic carbocycles. The van der Waals surface area contributed by atoms with Crippen LogP contribution in [0.5, 0.6) is 0 Å². The van der Waals surface area contributed by atoms with E-state index in [4.69, 9.17) is 0 Å². The van der Waals surface area contributed by atoms with Crippen molar-refractivity contribution in [1.82, 2.24) is 10.6 Å². The summed E-state index contributed by atoms with van der Waals surface area (Å²) in [6, 6.07) is 8.37. The van der Waals surface area contributed by atoms with Crippen LogP contribution < -0.4 is 15.5 Å². The van der Waals surface area contributed by atoms with Gasteiger partial charge in [0.2, 0.25) is 5.91 Å². The molecule has 0 spiro atoms. The Bertz CT molecular complexity index is 630. The number of benzene rings is 1. The van der Waals surface area contributed by atoms with Crippen LogP contribution in [0.3, 0.4) is 0 Å². The first-order chi connectivity index (χ1) is 12.2. The molecule has 1 amide bonds. The molecule has 1 heterocycles. The number of carbonyl (C=O) groups excluding carboxylic acids is 1. The number of nitrogens with zero attached hydrogens (tertiary/aromatic N) is 2. The Labute approximate surface area is 172 Å².